The molecule has 1 heteroatoms. The average Bonchev–Trinajstić information content (AvgIpc) is 2.26. The molecule has 1 nitrogen and oxygen atoms in total. The standard InChI is InChI=1S/C16H30O/c1-13-10-14(2)12-16(17,11-13)9-8-15-6-4-3-5-7-15/h13-15,17H,3-12H2,1-2H3. The van der Waals surface area contributed by atoms with Crippen LogP contribution in [0.2, 0.25) is 0 Å². The number of aliphatic hydroxyl groups is 1. The van der Waals surface area contributed by atoms with Crippen LogP contribution in [0.3, 0.4) is 0 Å². The maximum Gasteiger partial charge on any atom is 0.0653 e. The summed E-state index contributed by atoms with van der Waals surface area (Å²) in [5, 5.41) is 10.7. The van der Waals surface area contributed by atoms with E-state index >= 15 is 0 Å². The van der Waals surface area contributed by atoms with Gasteiger partial charge in [0.05, 0.1) is 5.60 Å². The van der Waals surface area contributed by atoms with E-state index < -0.39 is 0 Å². The van der Waals surface area contributed by atoms with Gasteiger partial charge in [-0.2, -0.15) is 0 Å². The molecule has 1 N–H and O–H groups in total. The first-order chi connectivity index (χ1) is 8.07. The number of hydrogen-bond donors (Lipinski definition) is 1. The Morgan fingerprint density at radius 1 is 1.00 bits per heavy atom. The molecular formula is C16H30O. The summed E-state index contributed by atoms with van der Waals surface area (Å²) in [6.45, 7) is 4.61. The highest BCUT2D eigenvalue weighted by Crippen LogP contribution is 2.40. The molecule has 2 aliphatic carbocycles. The summed E-state index contributed by atoms with van der Waals surface area (Å²) in [5.74, 6) is 2.35. The molecule has 2 unspecified atom stereocenters. The zero-order valence-electron chi connectivity index (χ0n) is 11.8. The summed E-state index contributed by atoms with van der Waals surface area (Å²) in [5.41, 5.74) is -0.325. The summed E-state index contributed by atoms with van der Waals surface area (Å²) < 4.78 is 0. The zero-order valence-corrected chi connectivity index (χ0v) is 11.8. The largest absolute Gasteiger partial charge is 0.390 e. The molecule has 0 saturated heterocycles. The van der Waals surface area contributed by atoms with Gasteiger partial charge in [0.25, 0.3) is 0 Å². The van der Waals surface area contributed by atoms with E-state index in [1.165, 1.54) is 44.9 Å². The molecule has 2 fully saturated rings. The Labute approximate surface area is 107 Å². The van der Waals surface area contributed by atoms with E-state index in [-0.39, 0.29) is 5.60 Å². The van der Waals surface area contributed by atoms with Crippen molar-refractivity contribution in [3.8, 4) is 0 Å². The molecule has 0 amide bonds. The van der Waals surface area contributed by atoms with Crippen LogP contribution in [0.1, 0.15) is 78.1 Å². The van der Waals surface area contributed by atoms with Gasteiger partial charge in [0.2, 0.25) is 0 Å². The molecule has 0 bridgehead atoms. The highest BCUT2D eigenvalue weighted by atomic mass is 16.3. The highest BCUT2D eigenvalue weighted by Gasteiger charge is 2.36. The van der Waals surface area contributed by atoms with Crippen molar-refractivity contribution in [2.45, 2.75) is 83.7 Å². The van der Waals surface area contributed by atoms with Crippen LogP contribution in [0.15, 0.2) is 0 Å². The minimum absolute atomic E-state index is 0.325. The lowest BCUT2D eigenvalue weighted by atomic mass is 9.70. The third-order valence-corrected chi connectivity index (χ3v) is 5.00. The minimum atomic E-state index is -0.325. The summed E-state index contributed by atoms with van der Waals surface area (Å²) in [6.07, 6.45) is 12.9. The second kappa shape index (κ2) is 5.73. The van der Waals surface area contributed by atoms with E-state index in [1.54, 1.807) is 0 Å². The van der Waals surface area contributed by atoms with Crippen molar-refractivity contribution in [3.05, 3.63) is 0 Å². The van der Waals surface area contributed by atoms with Crippen molar-refractivity contribution < 1.29 is 5.11 Å². The van der Waals surface area contributed by atoms with Gasteiger partial charge in [0.15, 0.2) is 0 Å². The molecule has 2 aliphatic rings. The molecule has 2 rings (SSSR count). The lowest BCUT2D eigenvalue weighted by Gasteiger charge is -2.40. The van der Waals surface area contributed by atoms with Crippen molar-refractivity contribution >= 4 is 0 Å². The zero-order chi connectivity index (χ0) is 12.3. The van der Waals surface area contributed by atoms with Gasteiger partial charge < -0.3 is 5.11 Å². The van der Waals surface area contributed by atoms with Gasteiger partial charge in [-0.25, -0.2) is 0 Å². The second-order valence-electron chi connectivity index (χ2n) is 7.12. The fourth-order valence-corrected chi connectivity index (χ4v) is 4.39. The number of rotatable bonds is 3. The van der Waals surface area contributed by atoms with Crippen molar-refractivity contribution in [1.82, 2.24) is 0 Å². The first-order valence-corrected chi connectivity index (χ1v) is 7.80. The normalized spacial score (nSPS) is 40.4. The summed E-state index contributed by atoms with van der Waals surface area (Å²) in [4.78, 5) is 0. The van der Waals surface area contributed by atoms with Gasteiger partial charge in [0.1, 0.15) is 0 Å². The van der Waals surface area contributed by atoms with Crippen LogP contribution >= 0.6 is 0 Å². The van der Waals surface area contributed by atoms with E-state index in [4.69, 9.17) is 0 Å². The number of hydrogen-bond acceptors (Lipinski definition) is 1. The van der Waals surface area contributed by atoms with Crippen LogP contribution in [-0.2, 0) is 0 Å². The molecule has 2 saturated carbocycles. The average molecular weight is 238 g/mol. The first kappa shape index (κ1) is 13.4. The Bertz CT molecular complexity index is 220. The lowest BCUT2D eigenvalue weighted by Crippen LogP contribution is -2.38. The molecule has 0 heterocycles. The van der Waals surface area contributed by atoms with Crippen molar-refractivity contribution in [2.75, 3.05) is 0 Å². The SMILES string of the molecule is CC1CC(C)CC(O)(CCC2CCCCC2)C1. The predicted molar refractivity (Wildman–Crippen MR) is 72.9 cm³/mol. The van der Waals surface area contributed by atoms with Gasteiger partial charge in [0, 0.05) is 0 Å². The predicted octanol–water partition coefficient (Wildman–Crippen LogP) is 4.53. The fraction of sp³-hybridized carbons (Fsp3) is 1.00. The molecule has 0 aromatic carbocycles. The fourth-order valence-electron chi connectivity index (χ4n) is 4.39. The Hall–Kier alpha value is -0.0400. The molecule has 0 spiro atoms. The summed E-state index contributed by atoms with van der Waals surface area (Å²) >= 11 is 0. The Morgan fingerprint density at radius 2 is 1.59 bits per heavy atom. The summed E-state index contributed by atoms with van der Waals surface area (Å²) in [7, 11) is 0. The smallest absolute Gasteiger partial charge is 0.0653 e. The van der Waals surface area contributed by atoms with Crippen LogP contribution in [0.4, 0.5) is 0 Å². The molecular weight excluding hydrogens is 208 g/mol. The molecule has 0 aliphatic heterocycles. The van der Waals surface area contributed by atoms with E-state index in [0.717, 1.165) is 37.0 Å². The van der Waals surface area contributed by atoms with Crippen LogP contribution in [-0.4, -0.2) is 10.7 Å². The topological polar surface area (TPSA) is 20.2 Å². The van der Waals surface area contributed by atoms with Gasteiger partial charge in [-0.3, -0.25) is 0 Å². The van der Waals surface area contributed by atoms with E-state index in [2.05, 4.69) is 13.8 Å². The van der Waals surface area contributed by atoms with Gasteiger partial charge >= 0.3 is 0 Å². The highest BCUT2D eigenvalue weighted by molar-refractivity contribution is 4.88. The molecule has 0 aromatic heterocycles. The third-order valence-electron chi connectivity index (χ3n) is 5.00. The van der Waals surface area contributed by atoms with E-state index in [0.29, 0.717) is 0 Å². The molecule has 0 radical (unpaired) electrons. The molecule has 2 atom stereocenters. The van der Waals surface area contributed by atoms with E-state index in [9.17, 15) is 5.11 Å². The van der Waals surface area contributed by atoms with Crippen LogP contribution in [0, 0.1) is 17.8 Å². The molecule has 100 valence electrons. The van der Waals surface area contributed by atoms with Crippen LogP contribution in [0.25, 0.3) is 0 Å². The Balaban J connectivity index is 1.79. The van der Waals surface area contributed by atoms with Gasteiger partial charge in [-0.1, -0.05) is 46.0 Å². The van der Waals surface area contributed by atoms with Crippen molar-refractivity contribution in [3.63, 3.8) is 0 Å². The first-order valence-electron chi connectivity index (χ1n) is 7.80. The quantitative estimate of drug-likeness (QED) is 0.765. The van der Waals surface area contributed by atoms with E-state index in [1.807, 2.05) is 0 Å². The van der Waals surface area contributed by atoms with Crippen LogP contribution in [0.5, 0.6) is 0 Å². The van der Waals surface area contributed by atoms with Crippen molar-refractivity contribution in [2.24, 2.45) is 17.8 Å². The van der Waals surface area contributed by atoms with Crippen molar-refractivity contribution in [1.29, 1.82) is 0 Å². The van der Waals surface area contributed by atoms with Gasteiger partial charge in [-0.15, -0.1) is 0 Å². The second-order valence-corrected chi connectivity index (χ2v) is 7.12. The molecule has 0 aromatic rings. The van der Waals surface area contributed by atoms with Gasteiger partial charge in [-0.05, 0) is 49.9 Å². The Morgan fingerprint density at radius 3 is 2.18 bits per heavy atom. The monoisotopic (exact) mass is 238 g/mol. The maximum atomic E-state index is 10.7. The third kappa shape index (κ3) is 3.98. The summed E-state index contributed by atoms with van der Waals surface area (Å²) in [6, 6.07) is 0. The Kier molecular flexibility index (Phi) is 4.52. The maximum absolute atomic E-state index is 10.7. The molecule has 17 heavy (non-hydrogen) atoms. The lowest BCUT2D eigenvalue weighted by molar-refractivity contribution is -0.0425. The minimum Gasteiger partial charge on any atom is -0.390 e. The van der Waals surface area contributed by atoms with Crippen LogP contribution < -0.4 is 0 Å².